The Labute approximate surface area is 154 Å². The monoisotopic (exact) mass is 365 g/mol. The minimum absolute atomic E-state index is 0.0821. The Morgan fingerprint density at radius 2 is 1.48 bits per heavy atom. The van der Waals surface area contributed by atoms with Crippen LogP contribution in [-0.4, -0.2) is 17.5 Å². The van der Waals surface area contributed by atoms with Crippen LogP contribution in [0.2, 0.25) is 0 Å². The normalized spacial score (nSPS) is 10.1. The van der Waals surface area contributed by atoms with Crippen molar-refractivity contribution in [3.63, 3.8) is 0 Å². The standard InChI is InChI=1S/C20H15NO6/c22-20(27-17-11-9-15(10-12-17)21(23)24)14-25-18-7-4-8-19(13-18)26-16-5-2-1-3-6-16/h1-13H,14H2. The Balaban J connectivity index is 1.54. The second-order valence-electron chi connectivity index (χ2n) is 5.40. The first-order valence-electron chi connectivity index (χ1n) is 8.01. The van der Waals surface area contributed by atoms with E-state index < -0.39 is 10.9 Å². The van der Waals surface area contributed by atoms with E-state index in [0.717, 1.165) is 0 Å². The molecule has 0 amide bonds. The summed E-state index contributed by atoms with van der Waals surface area (Å²) in [4.78, 5) is 21.9. The SMILES string of the molecule is O=C(COc1cccc(Oc2ccccc2)c1)Oc1ccc([N+](=O)[O-])cc1. The number of nitro groups is 1. The largest absolute Gasteiger partial charge is 0.482 e. The van der Waals surface area contributed by atoms with Crippen molar-refractivity contribution in [2.24, 2.45) is 0 Å². The van der Waals surface area contributed by atoms with Crippen molar-refractivity contribution in [1.82, 2.24) is 0 Å². The zero-order valence-corrected chi connectivity index (χ0v) is 14.1. The molecule has 27 heavy (non-hydrogen) atoms. The van der Waals surface area contributed by atoms with Crippen LogP contribution in [0.1, 0.15) is 0 Å². The van der Waals surface area contributed by atoms with Gasteiger partial charge in [-0.2, -0.15) is 0 Å². The second-order valence-corrected chi connectivity index (χ2v) is 5.40. The average molecular weight is 365 g/mol. The number of esters is 1. The van der Waals surface area contributed by atoms with Gasteiger partial charge in [0.1, 0.15) is 23.0 Å². The van der Waals surface area contributed by atoms with Crippen molar-refractivity contribution >= 4 is 11.7 Å². The van der Waals surface area contributed by atoms with E-state index >= 15 is 0 Å². The number of hydrogen-bond acceptors (Lipinski definition) is 6. The molecule has 3 rings (SSSR count). The third kappa shape index (κ3) is 5.30. The number of nitro benzene ring substituents is 1. The lowest BCUT2D eigenvalue weighted by Gasteiger charge is -2.09. The van der Waals surface area contributed by atoms with Gasteiger partial charge in [0.2, 0.25) is 0 Å². The van der Waals surface area contributed by atoms with Gasteiger partial charge in [0.15, 0.2) is 6.61 Å². The van der Waals surface area contributed by atoms with Gasteiger partial charge in [-0.05, 0) is 36.4 Å². The lowest BCUT2D eigenvalue weighted by Crippen LogP contribution is -2.17. The molecule has 3 aromatic rings. The van der Waals surface area contributed by atoms with Gasteiger partial charge in [0.05, 0.1) is 4.92 Å². The van der Waals surface area contributed by atoms with Crippen LogP contribution < -0.4 is 14.2 Å². The van der Waals surface area contributed by atoms with Crippen molar-refractivity contribution in [1.29, 1.82) is 0 Å². The highest BCUT2D eigenvalue weighted by Gasteiger charge is 2.09. The second kappa shape index (κ2) is 8.48. The van der Waals surface area contributed by atoms with E-state index in [4.69, 9.17) is 14.2 Å². The number of ether oxygens (including phenoxy) is 3. The molecular weight excluding hydrogens is 350 g/mol. The predicted octanol–water partition coefficient (Wildman–Crippen LogP) is 4.37. The fourth-order valence-electron chi connectivity index (χ4n) is 2.19. The molecule has 136 valence electrons. The van der Waals surface area contributed by atoms with Gasteiger partial charge in [-0.25, -0.2) is 4.79 Å². The molecule has 0 aliphatic rings. The molecule has 0 aromatic heterocycles. The Morgan fingerprint density at radius 1 is 0.815 bits per heavy atom. The van der Waals surface area contributed by atoms with Gasteiger partial charge in [0, 0.05) is 18.2 Å². The first-order chi connectivity index (χ1) is 13.1. The number of non-ortho nitro benzene ring substituents is 1. The first-order valence-corrected chi connectivity index (χ1v) is 8.01. The summed E-state index contributed by atoms with van der Waals surface area (Å²) in [7, 11) is 0. The Hall–Kier alpha value is -3.87. The third-order valence-corrected chi connectivity index (χ3v) is 3.42. The smallest absolute Gasteiger partial charge is 0.349 e. The fraction of sp³-hybridized carbons (Fsp3) is 0.0500. The van der Waals surface area contributed by atoms with Crippen molar-refractivity contribution < 1.29 is 23.9 Å². The number of benzene rings is 3. The van der Waals surface area contributed by atoms with Crippen LogP contribution in [0.25, 0.3) is 0 Å². The van der Waals surface area contributed by atoms with Crippen LogP contribution in [0, 0.1) is 10.1 Å². The van der Waals surface area contributed by atoms with Gasteiger partial charge in [-0.3, -0.25) is 10.1 Å². The maximum absolute atomic E-state index is 11.9. The third-order valence-electron chi connectivity index (χ3n) is 3.42. The molecule has 0 N–H and O–H groups in total. The average Bonchev–Trinajstić information content (AvgIpc) is 2.68. The molecule has 0 fully saturated rings. The van der Waals surface area contributed by atoms with E-state index in [2.05, 4.69) is 0 Å². The minimum Gasteiger partial charge on any atom is -0.482 e. The molecule has 0 unspecified atom stereocenters. The zero-order valence-electron chi connectivity index (χ0n) is 14.1. The molecule has 0 bridgehead atoms. The van der Waals surface area contributed by atoms with E-state index in [-0.39, 0.29) is 18.0 Å². The highest BCUT2D eigenvalue weighted by Crippen LogP contribution is 2.25. The number of rotatable bonds is 7. The molecule has 3 aromatic carbocycles. The van der Waals surface area contributed by atoms with Crippen LogP contribution >= 0.6 is 0 Å². The van der Waals surface area contributed by atoms with E-state index in [1.54, 1.807) is 24.3 Å². The van der Waals surface area contributed by atoms with E-state index in [9.17, 15) is 14.9 Å². The minimum atomic E-state index is -0.627. The molecule has 0 aliphatic carbocycles. The molecule has 7 heteroatoms. The van der Waals surface area contributed by atoms with Crippen LogP contribution in [0.4, 0.5) is 5.69 Å². The van der Waals surface area contributed by atoms with E-state index in [1.807, 2.05) is 30.3 Å². The summed E-state index contributed by atoms with van der Waals surface area (Å²) in [5, 5.41) is 10.6. The molecule has 7 nitrogen and oxygen atoms in total. The fourth-order valence-corrected chi connectivity index (χ4v) is 2.19. The van der Waals surface area contributed by atoms with E-state index in [0.29, 0.717) is 17.2 Å². The maximum Gasteiger partial charge on any atom is 0.349 e. The van der Waals surface area contributed by atoms with Crippen LogP contribution in [0.5, 0.6) is 23.0 Å². The quantitative estimate of drug-likeness (QED) is 0.267. The van der Waals surface area contributed by atoms with Crippen molar-refractivity contribution in [2.75, 3.05) is 6.61 Å². The van der Waals surface area contributed by atoms with Crippen molar-refractivity contribution in [3.05, 3.63) is 89.0 Å². The number of hydrogen-bond donors (Lipinski definition) is 0. The number of para-hydroxylation sites is 1. The van der Waals surface area contributed by atoms with Gasteiger partial charge < -0.3 is 14.2 Å². The molecule has 0 atom stereocenters. The molecule has 0 saturated carbocycles. The Bertz CT molecular complexity index is 925. The Morgan fingerprint density at radius 3 is 2.19 bits per heavy atom. The topological polar surface area (TPSA) is 87.9 Å². The highest BCUT2D eigenvalue weighted by molar-refractivity contribution is 5.74. The first kappa shape index (κ1) is 17.9. The van der Waals surface area contributed by atoms with Crippen LogP contribution in [0.15, 0.2) is 78.9 Å². The summed E-state index contributed by atoms with van der Waals surface area (Å²) >= 11 is 0. The van der Waals surface area contributed by atoms with Crippen LogP contribution in [-0.2, 0) is 4.79 Å². The predicted molar refractivity (Wildman–Crippen MR) is 97.2 cm³/mol. The number of nitrogens with zero attached hydrogens (tertiary/aromatic N) is 1. The summed E-state index contributed by atoms with van der Waals surface area (Å²) in [6.07, 6.45) is 0. The lowest BCUT2D eigenvalue weighted by atomic mass is 10.3. The van der Waals surface area contributed by atoms with E-state index in [1.165, 1.54) is 24.3 Å². The Kier molecular flexibility index (Phi) is 5.64. The lowest BCUT2D eigenvalue weighted by molar-refractivity contribution is -0.384. The molecule has 0 heterocycles. The summed E-state index contributed by atoms with van der Waals surface area (Å²) in [6.45, 7) is -0.314. The van der Waals surface area contributed by atoms with Gasteiger partial charge in [0.25, 0.3) is 5.69 Å². The molecule has 0 aliphatic heterocycles. The van der Waals surface area contributed by atoms with Gasteiger partial charge in [-0.15, -0.1) is 0 Å². The summed E-state index contributed by atoms with van der Waals surface area (Å²) in [6, 6.07) is 21.4. The van der Waals surface area contributed by atoms with Crippen molar-refractivity contribution in [3.8, 4) is 23.0 Å². The number of carbonyl (C=O) groups excluding carboxylic acids is 1. The molecule has 0 spiro atoms. The number of carbonyl (C=O) groups is 1. The van der Waals surface area contributed by atoms with Gasteiger partial charge >= 0.3 is 5.97 Å². The highest BCUT2D eigenvalue weighted by atomic mass is 16.6. The van der Waals surface area contributed by atoms with Crippen LogP contribution in [0.3, 0.4) is 0 Å². The van der Waals surface area contributed by atoms with Crippen molar-refractivity contribution in [2.45, 2.75) is 0 Å². The zero-order chi connectivity index (χ0) is 19.1. The maximum atomic E-state index is 11.9. The summed E-state index contributed by atoms with van der Waals surface area (Å²) in [5.41, 5.74) is -0.0821. The molecule has 0 radical (unpaired) electrons. The molecular formula is C20H15NO6. The summed E-state index contributed by atoms with van der Waals surface area (Å²) in [5.74, 6) is 1.28. The van der Waals surface area contributed by atoms with Gasteiger partial charge in [-0.1, -0.05) is 24.3 Å². The summed E-state index contributed by atoms with van der Waals surface area (Å²) < 4.78 is 16.2. The molecule has 0 saturated heterocycles.